The molecule has 7 heteroatoms. The normalized spacial score (nSPS) is 10.2. The maximum atomic E-state index is 12.3. The quantitative estimate of drug-likeness (QED) is 0.716. The molecule has 0 unspecified atom stereocenters. The molecule has 25 heavy (non-hydrogen) atoms. The summed E-state index contributed by atoms with van der Waals surface area (Å²) in [6.45, 7) is 3.82. The Morgan fingerprint density at radius 1 is 1.08 bits per heavy atom. The van der Waals surface area contributed by atoms with E-state index in [4.69, 9.17) is 22.7 Å². The van der Waals surface area contributed by atoms with Crippen LogP contribution in [0.15, 0.2) is 48.5 Å². The van der Waals surface area contributed by atoms with Crippen LogP contribution in [-0.2, 0) is 0 Å². The summed E-state index contributed by atoms with van der Waals surface area (Å²) in [5.41, 5.74) is 6.64. The van der Waals surface area contributed by atoms with Crippen molar-refractivity contribution in [3.05, 3.63) is 59.7 Å². The van der Waals surface area contributed by atoms with Crippen molar-refractivity contribution in [1.82, 2.24) is 5.32 Å². The van der Waals surface area contributed by atoms with Crippen LogP contribution in [0.4, 0.5) is 5.69 Å². The number of carbonyl (C=O) groups is 2. The lowest BCUT2D eigenvalue weighted by molar-refractivity contribution is 0.0974. The van der Waals surface area contributed by atoms with Crippen LogP contribution >= 0.6 is 12.2 Å². The number of ether oxygens (including phenoxy) is 1. The molecule has 0 atom stereocenters. The average molecular weight is 357 g/mol. The van der Waals surface area contributed by atoms with Crippen molar-refractivity contribution in [2.45, 2.75) is 20.0 Å². The molecule has 0 fully saturated rings. The molecule has 0 saturated carbocycles. The van der Waals surface area contributed by atoms with Gasteiger partial charge >= 0.3 is 0 Å². The van der Waals surface area contributed by atoms with Gasteiger partial charge in [-0.15, -0.1) is 0 Å². The summed E-state index contributed by atoms with van der Waals surface area (Å²) >= 11 is 5.13. The van der Waals surface area contributed by atoms with Crippen molar-refractivity contribution in [1.29, 1.82) is 0 Å². The van der Waals surface area contributed by atoms with Crippen molar-refractivity contribution in [3.63, 3.8) is 0 Å². The zero-order valence-corrected chi connectivity index (χ0v) is 14.7. The molecule has 0 saturated heterocycles. The Bertz CT molecular complexity index is 788. The van der Waals surface area contributed by atoms with Crippen LogP contribution in [-0.4, -0.2) is 23.0 Å². The predicted molar refractivity (Wildman–Crippen MR) is 101 cm³/mol. The Kier molecular flexibility index (Phi) is 6.08. The minimum absolute atomic E-state index is 0.0180. The molecule has 130 valence electrons. The molecule has 2 aromatic rings. The second kappa shape index (κ2) is 8.25. The Hall–Kier alpha value is -2.93. The fraction of sp³-hybridized carbons (Fsp3) is 0.167. The zero-order chi connectivity index (χ0) is 18.4. The molecule has 0 radical (unpaired) electrons. The third kappa shape index (κ3) is 5.58. The Morgan fingerprint density at radius 2 is 1.76 bits per heavy atom. The van der Waals surface area contributed by atoms with Gasteiger partial charge in [0.15, 0.2) is 5.11 Å². The van der Waals surface area contributed by atoms with Gasteiger partial charge in [0, 0.05) is 16.8 Å². The highest BCUT2D eigenvalue weighted by atomic mass is 32.1. The summed E-state index contributed by atoms with van der Waals surface area (Å²) in [6, 6.07) is 13.3. The second-order valence-corrected chi connectivity index (χ2v) is 5.95. The number of primary amides is 1. The molecule has 0 heterocycles. The van der Waals surface area contributed by atoms with Crippen LogP contribution in [0.1, 0.15) is 34.6 Å². The number of hydrogen-bond donors (Lipinski definition) is 3. The number of hydrogen-bond acceptors (Lipinski definition) is 4. The van der Waals surface area contributed by atoms with Gasteiger partial charge in [-0.3, -0.25) is 14.9 Å². The zero-order valence-electron chi connectivity index (χ0n) is 13.9. The fourth-order valence-electron chi connectivity index (χ4n) is 2.04. The Morgan fingerprint density at radius 3 is 2.36 bits per heavy atom. The van der Waals surface area contributed by atoms with Gasteiger partial charge in [-0.05, 0) is 68.5 Å². The number of rotatable bonds is 5. The van der Waals surface area contributed by atoms with Crippen molar-refractivity contribution in [2.75, 3.05) is 5.32 Å². The SMILES string of the molecule is CC(C)Oc1cccc(C(=O)NC(=S)Nc2ccc(C(N)=O)cc2)c1. The molecular weight excluding hydrogens is 338 g/mol. The van der Waals surface area contributed by atoms with Crippen LogP contribution in [0.5, 0.6) is 5.75 Å². The Balaban J connectivity index is 1.98. The molecule has 0 aliphatic carbocycles. The van der Waals surface area contributed by atoms with E-state index < -0.39 is 5.91 Å². The highest BCUT2D eigenvalue weighted by molar-refractivity contribution is 7.80. The molecular formula is C18H19N3O3S. The van der Waals surface area contributed by atoms with Crippen LogP contribution in [0.3, 0.4) is 0 Å². The number of anilines is 1. The van der Waals surface area contributed by atoms with Crippen molar-refractivity contribution in [2.24, 2.45) is 5.73 Å². The minimum atomic E-state index is -0.508. The molecule has 0 aliphatic heterocycles. The number of carbonyl (C=O) groups excluding carboxylic acids is 2. The van der Waals surface area contributed by atoms with Gasteiger partial charge in [-0.2, -0.15) is 0 Å². The van der Waals surface area contributed by atoms with E-state index in [-0.39, 0.29) is 17.1 Å². The van der Waals surface area contributed by atoms with Gasteiger partial charge in [0.05, 0.1) is 6.10 Å². The first-order chi connectivity index (χ1) is 11.8. The van der Waals surface area contributed by atoms with Crippen LogP contribution in [0.25, 0.3) is 0 Å². The largest absolute Gasteiger partial charge is 0.491 e. The topological polar surface area (TPSA) is 93.4 Å². The molecule has 6 nitrogen and oxygen atoms in total. The van der Waals surface area contributed by atoms with E-state index in [2.05, 4.69) is 10.6 Å². The molecule has 0 aromatic heterocycles. The van der Waals surface area contributed by atoms with Gasteiger partial charge in [-0.25, -0.2) is 0 Å². The first kappa shape index (κ1) is 18.4. The summed E-state index contributed by atoms with van der Waals surface area (Å²) in [5, 5.41) is 5.61. The van der Waals surface area contributed by atoms with Gasteiger partial charge < -0.3 is 15.8 Å². The van der Waals surface area contributed by atoms with Gasteiger partial charge in [-0.1, -0.05) is 6.07 Å². The van der Waals surface area contributed by atoms with Gasteiger partial charge in [0.25, 0.3) is 5.91 Å². The van der Waals surface area contributed by atoms with Crippen molar-refractivity contribution in [3.8, 4) is 5.75 Å². The lowest BCUT2D eigenvalue weighted by Gasteiger charge is -2.12. The first-order valence-corrected chi connectivity index (χ1v) is 8.05. The highest BCUT2D eigenvalue weighted by Crippen LogP contribution is 2.15. The predicted octanol–water partition coefficient (Wildman–Crippen LogP) is 2.70. The maximum absolute atomic E-state index is 12.3. The summed E-state index contributed by atoms with van der Waals surface area (Å²) in [4.78, 5) is 23.3. The van der Waals surface area contributed by atoms with E-state index in [0.29, 0.717) is 22.6 Å². The standard InChI is InChI=1S/C18H19N3O3S/c1-11(2)24-15-5-3-4-13(10-15)17(23)21-18(25)20-14-8-6-12(7-9-14)16(19)22/h3-11H,1-2H3,(H2,19,22)(H2,20,21,23,25). The minimum Gasteiger partial charge on any atom is -0.491 e. The van der Waals surface area contributed by atoms with Crippen LogP contribution in [0.2, 0.25) is 0 Å². The lowest BCUT2D eigenvalue weighted by atomic mass is 10.2. The van der Waals surface area contributed by atoms with E-state index in [9.17, 15) is 9.59 Å². The number of thiocarbonyl (C=S) groups is 1. The van der Waals surface area contributed by atoms with Crippen molar-refractivity contribution >= 4 is 34.8 Å². The summed E-state index contributed by atoms with van der Waals surface area (Å²) in [6.07, 6.45) is 0.0180. The van der Waals surface area contributed by atoms with Crippen LogP contribution in [0, 0.1) is 0 Å². The average Bonchev–Trinajstić information content (AvgIpc) is 2.54. The summed E-state index contributed by atoms with van der Waals surface area (Å²) in [5.74, 6) is -0.241. The molecule has 2 rings (SSSR count). The molecule has 4 N–H and O–H groups in total. The van der Waals surface area contributed by atoms with E-state index in [0.717, 1.165) is 0 Å². The third-order valence-corrected chi connectivity index (χ3v) is 3.33. The van der Waals surface area contributed by atoms with E-state index in [1.807, 2.05) is 13.8 Å². The van der Waals surface area contributed by atoms with Crippen molar-refractivity contribution < 1.29 is 14.3 Å². The molecule has 0 spiro atoms. The maximum Gasteiger partial charge on any atom is 0.257 e. The number of nitrogens with one attached hydrogen (secondary N) is 2. The molecule has 0 bridgehead atoms. The fourth-order valence-corrected chi connectivity index (χ4v) is 2.25. The smallest absolute Gasteiger partial charge is 0.257 e. The van der Waals surface area contributed by atoms with Gasteiger partial charge in [0.2, 0.25) is 5.91 Å². The van der Waals surface area contributed by atoms with E-state index in [1.165, 1.54) is 0 Å². The lowest BCUT2D eigenvalue weighted by Crippen LogP contribution is -2.34. The highest BCUT2D eigenvalue weighted by Gasteiger charge is 2.10. The van der Waals surface area contributed by atoms with E-state index >= 15 is 0 Å². The number of amides is 2. The van der Waals surface area contributed by atoms with Crippen LogP contribution < -0.4 is 21.1 Å². The monoisotopic (exact) mass is 357 g/mol. The third-order valence-electron chi connectivity index (χ3n) is 3.12. The number of benzene rings is 2. The van der Waals surface area contributed by atoms with Gasteiger partial charge in [0.1, 0.15) is 5.75 Å². The number of nitrogens with two attached hydrogens (primary N) is 1. The molecule has 2 amide bonds. The molecule has 0 aliphatic rings. The summed E-state index contributed by atoms with van der Waals surface area (Å²) in [7, 11) is 0. The first-order valence-electron chi connectivity index (χ1n) is 7.64. The Labute approximate surface area is 151 Å². The molecule has 2 aromatic carbocycles. The summed E-state index contributed by atoms with van der Waals surface area (Å²) < 4.78 is 5.57. The second-order valence-electron chi connectivity index (χ2n) is 5.54. The van der Waals surface area contributed by atoms with E-state index in [1.54, 1.807) is 48.5 Å².